The second kappa shape index (κ2) is 5.45. The number of rotatable bonds is 5. The summed E-state index contributed by atoms with van der Waals surface area (Å²) in [6.45, 7) is -0.875. The van der Waals surface area contributed by atoms with Gasteiger partial charge in [0.05, 0.1) is 12.7 Å². The fourth-order valence-corrected chi connectivity index (χ4v) is 0.667. The summed E-state index contributed by atoms with van der Waals surface area (Å²) >= 11 is 0. The molecule has 0 bridgehead atoms. The summed E-state index contributed by atoms with van der Waals surface area (Å²) in [5.74, 6) is 0. The molecule has 68 valence electrons. The summed E-state index contributed by atoms with van der Waals surface area (Å²) < 4.78 is 0. The summed E-state index contributed by atoms with van der Waals surface area (Å²) in [6.07, 6.45) is -3.95. The highest BCUT2D eigenvalue weighted by atomic mass is 16.4. The Balaban J connectivity index is 3.70. The van der Waals surface area contributed by atoms with Gasteiger partial charge >= 0.3 is 0 Å². The van der Waals surface area contributed by atoms with Crippen molar-refractivity contribution in [3.8, 4) is 0 Å². The van der Waals surface area contributed by atoms with E-state index in [-0.39, 0.29) is 13.0 Å². The first-order valence-electron chi connectivity index (χ1n) is 3.39. The maximum absolute atomic E-state index is 8.95. The second-order valence-corrected chi connectivity index (χ2v) is 2.32. The Labute approximate surface area is 64.5 Å². The molecule has 0 fully saturated rings. The van der Waals surface area contributed by atoms with E-state index in [4.69, 9.17) is 25.5 Å². The lowest BCUT2D eigenvalue weighted by molar-refractivity contribution is -0.0813. The average molecular weight is 166 g/mol. The van der Waals surface area contributed by atoms with Crippen molar-refractivity contribution in [2.75, 3.05) is 13.2 Å². The van der Waals surface area contributed by atoms with Crippen molar-refractivity contribution in [2.24, 2.45) is 0 Å². The minimum atomic E-state index is -1.40. The van der Waals surface area contributed by atoms with E-state index < -0.39 is 24.9 Å². The Morgan fingerprint density at radius 3 is 1.82 bits per heavy atom. The summed E-state index contributed by atoms with van der Waals surface area (Å²) in [4.78, 5) is 0. The molecule has 0 amide bonds. The molecule has 11 heavy (non-hydrogen) atoms. The van der Waals surface area contributed by atoms with Gasteiger partial charge in [0.15, 0.2) is 0 Å². The first kappa shape index (κ1) is 10.8. The van der Waals surface area contributed by atoms with Crippen LogP contribution in [-0.4, -0.2) is 57.1 Å². The SMILES string of the molecule is OCCC(O)[C@H](O)[C@H](O)CO. The van der Waals surface area contributed by atoms with Crippen LogP contribution in [0.3, 0.4) is 0 Å². The summed E-state index contributed by atoms with van der Waals surface area (Å²) in [6, 6.07) is 0. The number of hydrogen-bond donors (Lipinski definition) is 5. The van der Waals surface area contributed by atoms with Crippen LogP contribution in [0.15, 0.2) is 0 Å². The van der Waals surface area contributed by atoms with Gasteiger partial charge in [0.1, 0.15) is 12.2 Å². The molecule has 3 atom stereocenters. The molecule has 0 rings (SSSR count). The van der Waals surface area contributed by atoms with Crippen LogP contribution in [0.25, 0.3) is 0 Å². The standard InChI is InChI=1S/C6H14O5/c7-2-1-4(9)6(11)5(10)3-8/h4-11H,1-3H2/t4?,5-,6+/m1/s1. The third-order valence-corrected chi connectivity index (χ3v) is 1.40. The molecular weight excluding hydrogens is 152 g/mol. The van der Waals surface area contributed by atoms with Gasteiger partial charge in [-0.05, 0) is 6.42 Å². The lowest BCUT2D eigenvalue weighted by Crippen LogP contribution is -2.39. The molecule has 0 saturated carbocycles. The summed E-state index contributed by atoms with van der Waals surface area (Å²) in [5.41, 5.74) is 0. The van der Waals surface area contributed by atoms with E-state index in [1.807, 2.05) is 0 Å². The molecule has 0 heterocycles. The van der Waals surface area contributed by atoms with Gasteiger partial charge in [-0.15, -0.1) is 0 Å². The molecule has 0 aliphatic rings. The number of aliphatic hydroxyl groups excluding tert-OH is 5. The van der Waals surface area contributed by atoms with Crippen LogP contribution in [0, 0.1) is 0 Å². The molecule has 0 spiro atoms. The van der Waals surface area contributed by atoms with E-state index in [1.54, 1.807) is 0 Å². The molecule has 1 unspecified atom stereocenters. The van der Waals surface area contributed by atoms with Crippen LogP contribution < -0.4 is 0 Å². The minimum Gasteiger partial charge on any atom is -0.396 e. The predicted molar refractivity (Wildman–Crippen MR) is 36.8 cm³/mol. The van der Waals surface area contributed by atoms with Crippen molar-refractivity contribution in [3.63, 3.8) is 0 Å². The molecular formula is C6H14O5. The average Bonchev–Trinajstić information content (AvgIpc) is 2.02. The highest BCUT2D eigenvalue weighted by Crippen LogP contribution is 2.02. The smallest absolute Gasteiger partial charge is 0.108 e. The van der Waals surface area contributed by atoms with E-state index >= 15 is 0 Å². The van der Waals surface area contributed by atoms with Crippen molar-refractivity contribution in [2.45, 2.75) is 24.7 Å². The molecule has 0 radical (unpaired) electrons. The third kappa shape index (κ3) is 3.64. The molecule has 0 aromatic heterocycles. The Bertz CT molecular complexity index is 97.0. The molecule has 5 N–H and O–H groups in total. The van der Waals surface area contributed by atoms with Crippen molar-refractivity contribution >= 4 is 0 Å². The van der Waals surface area contributed by atoms with Gasteiger partial charge in [-0.1, -0.05) is 0 Å². The molecule has 0 saturated heterocycles. The molecule has 0 aliphatic carbocycles. The molecule has 0 aliphatic heterocycles. The van der Waals surface area contributed by atoms with Crippen molar-refractivity contribution < 1.29 is 25.5 Å². The fourth-order valence-electron chi connectivity index (χ4n) is 0.667. The van der Waals surface area contributed by atoms with Crippen molar-refractivity contribution in [1.82, 2.24) is 0 Å². The maximum atomic E-state index is 8.95. The maximum Gasteiger partial charge on any atom is 0.108 e. The highest BCUT2D eigenvalue weighted by molar-refractivity contribution is 4.73. The summed E-state index contributed by atoms with van der Waals surface area (Å²) in [5, 5.41) is 43.3. The zero-order valence-corrected chi connectivity index (χ0v) is 6.09. The predicted octanol–water partition coefficient (Wildman–Crippen LogP) is -2.56. The highest BCUT2D eigenvalue weighted by Gasteiger charge is 2.22. The third-order valence-electron chi connectivity index (χ3n) is 1.40. The van der Waals surface area contributed by atoms with Gasteiger partial charge < -0.3 is 25.5 Å². The second-order valence-electron chi connectivity index (χ2n) is 2.32. The van der Waals surface area contributed by atoms with E-state index in [0.29, 0.717) is 0 Å². The Kier molecular flexibility index (Phi) is 5.35. The van der Waals surface area contributed by atoms with Gasteiger partial charge in [-0.2, -0.15) is 0 Å². The zero-order chi connectivity index (χ0) is 8.85. The molecule has 0 aromatic carbocycles. The normalized spacial score (nSPS) is 19.4. The van der Waals surface area contributed by atoms with Crippen LogP contribution in [0.4, 0.5) is 0 Å². The minimum absolute atomic E-state index is 0.0156. The van der Waals surface area contributed by atoms with E-state index in [1.165, 1.54) is 0 Å². The molecule has 5 nitrogen and oxygen atoms in total. The number of hydrogen-bond acceptors (Lipinski definition) is 5. The van der Waals surface area contributed by atoms with Crippen LogP contribution in [0.2, 0.25) is 0 Å². The van der Waals surface area contributed by atoms with Gasteiger partial charge in [0.25, 0.3) is 0 Å². The van der Waals surface area contributed by atoms with E-state index in [9.17, 15) is 0 Å². The van der Waals surface area contributed by atoms with Gasteiger partial charge in [0, 0.05) is 6.61 Å². The number of aliphatic hydroxyl groups is 5. The fraction of sp³-hybridized carbons (Fsp3) is 1.00. The van der Waals surface area contributed by atoms with Gasteiger partial charge in [-0.3, -0.25) is 0 Å². The molecule has 5 heteroatoms. The lowest BCUT2D eigenvalue weighted by Gasteiger charge is -2.20. The van der Waals surface area contributed by atoms with Crippen molar-refractivity contribution in [3.05, 3.63) is 0 Å². The van der Waals surface area contributed by atoms with E-state index in [2.05, 4.69) is 0 Å². The largest absolute Gasteiger partial charge is 0.396 e. The van der Waals surface area contributed by atoms with Gasteiger partial charge in [-0.25, -0.2) is 0 Å². The lowest BCUT2D eigenvalue weighted by atomic mass is 10.1. The van der Waals surface area contributed by atoms with Crippen molar-refractivity contribution in [1.29, 1.82) is 0 Å². The first-order valence-corrected chi connectivity index (χ1v) is 3.39. The van der Waals surface area contributed by atoms with E-state index in [0.717, 1.165) is 0 Å². The van der Waals surface area contributed by atoms with Crippen LogP contribution >= 0.6 is 0 Å². The molecule has 0 aromatic rings. The first-order chi connectivity index (χ1) is 5.13. The Morgan fingerprint density at radius 2 is 1.45 bits per heavy atom. The van der Waals surface area contributed by atoms with Crippen LogP contribution in [0.5, 0.6) is 0 Å². The Hall–Kier alpha value is -0.200. The van der Waals surface area contributed by atoms with Gasteiger partial charge in [0.2, 0.25) is 0 Å². The van der Waals surface area contributed by atoms with Crippen LogP contribution in [-0.2, 0) is 0 Å². The Morgan fingerprint density at radius 1 is 0.909 bits per heavy atom. The topological polar surface area (TPSA) is 101 Å². The summed E-state index contributed by atoms with van der Waals surface area (Å²) in [7, 11) is 0. The zero-order valence-electron chi connectivity index (χ0n) is 6.09. The van der Waals surface area contributed by atoms with Crippen LogP contribution in [0.1, 0.15) is 6.42 Å². The monoisotopic (exact) mass is 166 g/mol. The quantitative estimate of drug-likeness (QED) is 0.309.